The molecule has 7 nitrogen and oxygen atoms in total. The molecule has 0 atom stereocenters. The molecule has 0 aromatic heterocycles. The number of benzene rings is 4. The van der Waals surface area contributed by atoms with Gasteiger partial charge in [-0.15, -0.1) is 11.8 Å². The minimum Gasteiger partial charge on any atom is -0.378 e. The fraction of sp³-hybridized carbons (Fsp3) is 0.121. The van der Waals surface area contributed by atoms with Gasteiger partial charge in [-0.1, -0.05) is 30.3 Å². The van der Waals surface area contributed by atoms with E-state index in [1.807, 2.05) is 31.1 Å². The van der Waals surface area contributed by atoms with Crippen LogP contribution in [0.3, 0.4) is 0 Å². The van der Waals surface area contributed by atoms with E-state index in [4.69, 9.17) is 0 Å². The van der Waals surface area contributed by atoms with Gasteiger partial charge in [0.2, 0.25) is 5.91 Å². The van der Waals surface area contributed by atoms with Gasteiger partial charge in [0.15, 0.2) is 23.3 Å². The zero-order chi connectivity index (χ0) is 35.2. The molecule has 0 aliphatic rings. The first-order valence-corrected chi connectivity index (χ1v) is 14.8. The number of hydrogen-bond donors (Lipinski definition) is 3. The monoisotopic (exact) mass is 690 g/mol. The van der Waals surface area contributed by atoms with E-state index < -0.39 is 64.2 Å². The average Bonchev–Trinajstić information content (AvgIpc) is 3.05. The average molecular weight is 691 g/mol. The van der Waals surface area contributed by atoms with Crippen molar-refractivity contribution in [1.29, 1.82) is 0 Å². The second-order valence-corrected chi connectivity index (χ2v) is 11.2. The molecule has 0 aliphatic heterocycles. The number of carbonyl (C=O) groups is 3. The van der Waals surface area contributed by atoms with Crippen LogP contribution in [0.5, 0.6) is 0 Å². The summed E-state index contributed by atoms with van der Waals surface area (Å²) >= 11 is 0.811. The molecule has 4 aromatic rings. The molecule has 3 amide bonds. The Balaban J connectivity index is 1.43. The number of rotatable bonds is 10. The molecule has 0 bridgehead atoms. The summed E-state index contributed by atoms with van der Waals surface area (Å²) in [6.07, 6.45) is -4.22. The van der Waals surface area contributed by atoms with Crippen LogP contribution in [0, 0.1) is 23.3 Å². The van der Waals surface area contributed by atoms with Crippen LogP contribution in [0.15, 0.2) is 89.5 Å². The van der Waals surface area contributed by atoms with Gasteiger partial charge in [0.05, 0.1) is 5.75 Å². The largest absolute Gasteiger partial charge is 0.422 e. The van der Waals surface area contributed by atoms with Crippen LogP contribution in [0.25, 0.3) is 6.08 Å². The van der Waals surface area contributed by atoms with Crippen molar-refractivity contribution in [3.63, 3.8) is 0 Å². The highest BCUT2D eigenvalue weighted by Crippen LogP contribution is 2.38. The minimum absolute atomic E-state index is 0.0628. The Labute approximate surface area is 273 Å². The van der Waals surface area contributed by atoms with Crippen molar-refractivity contribution in [1.82, 2.24) is 5.32 Å². The standard InChI is InChI=1S/C33H25F7N4O3S/c1-44(2)21-12-8-18(9-13-21)16-23(42-31(46)19-6-4-3-5-7-19)32(47)41-20-10-14-22(15-11-20)48-17-24(45)43-30-28(36)26(34)25(33(38,39)40)27(35)29(30)37/h3-16H,17H2,1-2H3,(H,41,47)(H,42,46)(H,43,45)/b23-16-. The van der Waals surface area contributed by atoms with Gasteiger partial charge in [-0.05, 0) is 60.2 Å². The Bertz CT molecular complexity index is 1820. The van der Waals surface area contributed by atoms with E-state index in [1.54, 1.807) is 47.8 Å². The zero-order valence-corrected chi connectivity index (χ0v) is 25.8. The van der Waals surface area contributed by atoms with E-state index in [9.17, 15) is 45.1 Å². The van der Waals surface area contributed by atoms with E-state index >= 15 is 0 Å². The number of alkyl halides is 3. The second kappa shape index (κ2) is 15.1. The lowest BCUT2D eigenvalue weighted by atomic mass is 10.1. The number of amides is 3. The molecule has 0 aliphatic carbocycles. The minimum atomic E-state index is -5.72. The predicted molar refractivity (Wildman–Crippen MR) is 168 cm³/mol. The van der Waals surface area contributed by atoms with Gasteiger partial charge in [-0.25, -0.2) is 17.6 Å². The highest BCUT2D eigenvalue weighted by atomic mass is 32.2. The van der Waals surface area contributed by atoms with Crippen LogP contribution in [-0.4, -0.2) is 37.6 Å². The predicted octanol–water partition coefficient (Wildman–Crippen LogP) is 7.47. The van der Waals surface area contributed by atoms with Crippen LogP contribution in [0.2, 0.25) is 0 Å². The van der Waals surface area contributed by atoms with Crippen molar-refractivity contribution < 1.29 is 45.1 Å². The molecule has 0 spiro atoms. The first-order valence-electron chi connectivity index (χ1n) is 13.8. The van der Waals surface area contributed by atoms with Crippen molar-refractivity contribution in [2.24, 2.45) is 0 Å². The maximum absolute atomic E-state index is 14.1. The van der Waals surface area contributed by atoms with Crippen LogP contribution >= 0.6 is 11.8 Å². The second-order valence-electron chi connectivity index (χ2n) is 10.2. The maximum atomic E-state index is 14.1. The van der Waals surface area contributed by atoms with Crippen LogP contribution in [-0.2, 0) is 15.8 Å². The molecule has 48 heavy (non-hydrogen) atoms. The van der Waals surface area contributed by atoms with Crippen molar-refractivity contribution in [3.8, 4) is 0 Å². The molecular formula is C33H25F7N4O3S. The van der Waals surface area contributed by atoms with E-state index in [0.29, 0.717) is 16.0 Å². The normalized spacial score (nSPS) is 11.6. The third-order valence-electron chi connectivity index (χ3n) is 6.54. The fourth-order valence-electron chi connectivity index (χ4n) is 4.13. The summed E-state index contributed by atoms with van der Waals surface area (Å²) in [4.78, 5) is 40.7. The number of anilines is 3. The summed E-state index contributed by atoms with van der Waals surface area (Å²) < 4.78 is 94.3. The number of halogens is 7. The number of hydrogen-bond acceptors (Lipinski definition) is 5. The van der Waals surface area contributed by atoms with E-state index in [1.165, 1.54) is 30.3 Å². The van der Waals surface area contributed by atoms with Gasteiger partial charge < -0.3 is 20.9 Å². The van der Waals surface area contributed by atoms with Gasteiger partial charge in [0.1, 0.15) is 16.9 Å². The smallest absolute Gasteiger partial charge is 0.378 e. The van der Waals surface area contributed by atoms with E-state index in [-0.39, 0.29) is 11.4 Å². The van der Waals surface area contributed by atoms with Gasteiger partial charge in [0, 0.05) is 35.9 Å². The molecule has 4 rings (SSSR count). The van der Waals surface area contributed by atoms with Crippen LogP contribution in [0.4, 0.5) is 47.8 Å². The Kier molecular flexibility index (Phi) is 11.2. The van der Waals surface area contributed by atoms with Crippen molar-refractivity contribution >= 4 is 52.6 Å². The third kappa shape index (κ3) is 8.73. The number of carbonyl (C=O) groups excluding carboxylic acids is 3. The molecule has 0 unspecified atom stereocenters. The molecule has 250 valence electrons. The van der Waals surface area contributed by atoms with Gasteiger partial charge in [0.25, 0.3) is 11.8 Å². The molecule has 3 N–H and O–H groups in total. The highest BCUT2D eigenvalue weighted by molar-refractivity contribution is 8.00. The Hall–Kier alpha value is -5.31. The Morgan fingerprint density at radius 3 is 1.90 bits per heavy atom. The Morgan fingerprint density at radius 2 is 1.35 bits per heavy atom. The summed E-state index contributed by atoms with van der Waals surface area (Å²) in [5.74, 6) is -13.1. The summed E-state index contributed by atoms with van der Waals surface area (Å²) in [6, 6.07) is 21.3. The molecule has 0 radical (unpaired) electrons. The fourth-order valence-corrected chi connectivity index (χ4v) is 4.82. The van der Waals surface area contributed by atoms with Gasteiger partial charge >= 0.3 is 6.18 Å². The molecule has 15 heteroatoms. The first kappa shape index (κ1) is 35.5. The first-order chi connectivity index (χ1) is 22.6. The van der Waals surface area contributed by atoms with Crippen LogP contribution < -0.4 is 20.9 Å². The lowest BCUT2D eigenvalue weighted by molar-refractivity contribution is -0.143. The zero-order valence-electron chi connectivity index (χ0n) is 25.0. The van der Waals surface area contributed by atoms with E-state index in [0.717, 1.165) is 17.4 Å². The maximum Gasteiger partial charge on any atom is 0.422 e. The summed E-state index contributed by atoms with van der Waals surface area (Å²) in [5, 5.41) is 6.84. The third-order valence-corrected chi connectivity index (χ3v) is 7.55. The van der Waals surface area contributed by atoms with Crippen molar-refractivity contribution in [2.45, 2.75) is 11.1 Å². The topological polar surface area (TPSA) is 90.5 Å². The molecule has 0 saturated carbocycles. The number of nitrogens with one attached hydrogen (secondary N) is 3. The molecular weight excluding hydrogens is 665 g/mol. The molecule has 0 saturated heterocycles. The highest BCUT2D eigenvalue weighted by Gasteiger charge is 2.42. The molecule has 4 aromatic carbocycles. The molecule has 0 fully saturated rings. The van der Waals surface area contributed by atoms with Crippen LogP contribution in [0.1, 0.15) is 21.5 Å². The quantitative estimate of drug-likeness (QED) is 0.0696. The van der Waals surface area contributed by atoms with Gasteiger partial charge in [-0.3, -0.25) is 14.4 Å². The Morgan fingerprint density at radius 1 is 0.771 bits per heavy atom. The van der Waals surface area contributed by atoms with Gasteiger partial charge in [-0.2, -0.15) is 13.2 Å². The summed E-state index contributed by atoms with van der Waals surface area (Å²) in [5.41, 5.74) is -2.35. The lowest BCUT2D eigenvalue weighted by Crippen LogP contribution is -2.30. The summed E-state index contributed by atoms with van der Waals surface area (Å²) in [6.45, 7) is 0. The lowest BCUT2D eigenvalue weighted by Gasteiger charge is -2.14. The van der Waals surface area contributed by atoms with Crippen molar-refractivity contribution in [2.75, 3.05) is 35.4 Å². The SMILES string of the molecule is CN(C)c1ccc(/C=C(\NC(=O)c2ccccc2)C(=O)Nc2ccc(SCC(=O)Nc3c(F)c(F)c(C(F)(F)F)c(F)c3F)cc2)cc1. The number of nitrogens with zero attached hydrogens (tertiary/aromatic N) is 1. The number of thioether (sulfide) groups is 1. The summed E-state index contributed by atoms with van der Waals surface area (Å²) in [7, 11) is 3.75. The van der Waals surface area contributed by atoms with E-state index in [2.05, 4.69) is 10.6 Å². The molecule has 0 heterocycles. The van der Waals surface area contributed by atoms with Crippen molar-refractivity contribution in [3.05, 3.63) is 125 Å².